The zero-order valence-electron chi connectivity index (χ0n) is 10.5. The van der Waals surface area contributed by atoms with Gasteiger partial charge in [0, 0.05) is 18.2 Å². The maximum Gasteiger partial charge on any atom is 0.243 e. The number of nitrogens with one attached hydrogen (secondary N) is 2. The van der Waals surface area contributed by atoms with Gasteiger partial charge in [-0.05, 0) is 18.1 Å². The fourth-order valence-corrected chi connectivity index (χ4v) is 2.29. The van der Waals surface area contributed by atoms with E-state index in [1.165, 1.54) is 5.56 Å². The lowest BCUT2D eigenvalue weighted by Gasteiger charge is -2.16. The zero-order valence-corrected chi connectivity index (χ0v) is 10.5. The number of anilines is 1. The van der Waals surface area contributed by atoms with Crippen molar-refractivity contribution in [1.82, 2.24) is 5.32 Å². The van der Waals surface area contributed by atoms with Gasteiger partial charge >= 0.3 is 0 Å². The predicted molar refractivity (Wildman–Crippen MR) is 70.2 cm³/mol. The summed E-state index contributed by atoms with van der Waals surface area (Å²) in [5, 5.41) is 6.29. The van der Waals surface area contributed by atoms with E-state index in [1.54, 1.807) is 0 Å². The van der Waals surface area contributed by atoms with Gasteiger partial charge in [-0.2, -0.15) is 0 Å². The van der Waals surface area contributed by atoms with E-state index in [1.807, 2.05) is 18.2 Å². The summed E-state index contributed by atoms with van der Waals surface area (Å²) in [5.41, 5.74) is 2.33. The van der Waals surface area contributed by atoms with Gasteiger partial charge in [0.1, 0.15) is 6.04 Å². The molecule has 0 saturated carbocycles. The van der Waals surface area contributed by atoms with Crippen LogP contribution in [0.15, 0.2) is 24.3 Å². The van der Waals surface area contributed by atoms with Crippen LogP contribution in [0.3, 0.4) is 0 Å². The molecule has 92 valence electrons. The van der Waals surface area contributed by atoms with E-state index in [2.05, 4.69) is 30.5 Å². The first-order chi connectivity index (χ1) is 8.24. The van der Waals surface area contributed by atoms with Gasteiger partial charge in [-0.25, -0.2) is 0 Å². The van der Waals surface area contributed by atoms with Crippen molar-refractivity contribution in [2.45, 2.75) is 38.6 Å². The minimum Gasteiger partial charge on any atom is -0.373 e. The molecule has 1 aliphatic heterocycles. The molecular formula is C14H20N2O. The van der Waals surface area contributed by atoms with Gasteiger partial charge in [-0.1, -0.05) is 38.5 Å². The molecule has 0 bridgehead atoms. The van der Waals surface area contributed by atoms with Crippen LogP contribution in [0.1, 0.15) is 38.2 Å². The molecule has 1 amide bonds. The van der Waals surface area contributed by atoms with Crippen molar-refractivity contribution in [2.24, 2.45) is 0 Å². The van der Waals surface area contributed by atoms with Crippen molar-refractivity contribution >= 4 is 11.6 Å². The Balaban J connectivity index is 1.99. The minimum absolute atomic E-state index is 0.113. The lowest BCUT2D eigenvalue weighted by atomic mass is 9.97. The lowest BCUT2D eigenvalue weighted by Crippen LogP contribution is -2.40. The van der Waals surface area contributed by atoms with Gasteiger partial charge in [0.15, 0.2) is 0 Å². The fourth-order valence-electron chi connectivity index (χ4n) is 2.29. The second-order valence-electron chi connectivity index (χ2n) is 4.64. The summed E-state index contributed by atoms with van der Waals surface area (Å²) in [6.45, 7) is 5.00. The van der Waals surface area contributed by atoms with E-state index in [-0.39, 0.29) is 17.9 Å². The van der Waals surface area contributed by atoms with E-state index in [0.717, 1.165) is 25.1 Å². The molecule has 0 spiro atoms. The standard InChI is InChI=1S/C14H20N2O/c1-3-4-9-15-14(17)13-10(2)11-7-5-6-8-12(11)16-13/h5-8,10,13,16H,3-4,9H2,1-2H3,(H,15,17)/t10-,13+/m0/s1. The van der Waals surface area contributed by atoms with Crippen molar-refractivity contribution < 1.29 is 4.79 Å². The molecule has 1 aliphatic rings. The molecule has 3 heteroatoms. The van der Waals surface area contributed by atoms with E-state index in [0.29, 0.717) is 0 Å². The molecule has 0 radical (unpaired) electrons. The molecule has 2 N–H and O–H groups in total. The number of rotatable bonds is 4. The highest BCUT2D eigenvalue weighted by Gasteiger charge is 2.33. The number of carbonyl (C=O) groups excluding carboxylic acids is 1. The molecule has 0 saturated heterocycles. The van der Waals surface area contributed by atoms with Gasteiger partial charge in [-0.3, -0.25) is 4.79 Å². The summed E-state index contributed by atoms with van der Waals surface area (Å²) in [5.74, 6) is 0.356. The molecule has 2 rings (SSSR count). The average molecular weight is 232 g/mol. The van der Waals surface area contributed by atoms with Crippen molar-refractivity contribution in [3.8, 4) is 0 Å². The molecule has 0 aromatic heterocycles. The minimum atomic E-state index is -0.121. The average Bonchev–Trinajstić information content (AvgIpc) is 2.68. The Morgan fingerprint density at radius 2 is 2.18 bits per heavy atom. The number of hydrogen-bond acceptors (Lipinski definition) is 2. The molecule has 3 nitrogen and oxygen atoms in total. The Labute approximate surface area is 103 Å². The SMILES string of the molecule is CCCCNC(=O)[C@@H]1Nc2ccccc2[C@@H]1C. The molecule has 1 heterocycles. The first kappa shape index (κ1) is 12.0. The fraction of sp³-hybridized carbons (Fsp3) is 0.500. The van der Waals surface area contributed by atoms with E-state index < -0.39 is 0 Å². The van der Waals surface area contributed by atoms with Crippen LogP contribution in [0.4, 0.5) is 5.69 Å². The Kier molecular flexibility index (Phi) is 3.67. The molecule has 0 fully saturated rings. The highest BCUT2D eigenvalue weighted by molar-refractivity contribution is 5.88. The molecule has 17 heavy (non-hydrogen) atoms. The number of para-hydroxylation sites is 1. The normalized spacial score (nSPS) is 21.8. The first-order valence-corrected chi connectivity index (χ1v) is 6.37. The molecule has 2 atom stereocenters. The van der Waals surface area contributed by atoms with Crippen LogP contribution in [0.2, 0.25) is 0 Å². The maximum atomic E-state index is 12.0. The Bertz CT molecular complexity index is 403. The van der Waals surface area contributed by atoms with Crippen molar-refractivity contribution in [3.63, 3.8) is 0 Å². The summed E-state index contributed by atoms with van der Waals surface area (Å²) < 4.78 is 0. The Morgan fingerprint density at radius 1 is 1.41 bits per heavy atom. The van der Waals surface area contributed by atoms with E-state index in [4.69, 9.17) is 0 Å². The zero-order chi connectivity index (χ0) is 12.3. The van der Waals surface area contributed by atoms with E-state index in [9.17, 15) is 4.79 Å². The third-order valence-corrected chi connectivity index (χ3v) is 3.37. The topological polar surface area (TPSA) is 41.1 Å². The van der Waals surface area contributed by atoms with Crippen LogP contribution in [0, 0.1) is 0 Å². The molecule has 1 aromatic rings. The Morgan fingerprint density at radius 3 is 2.88 bits per heavy atom. The highest BCUT2D eigenvalue weighted by atomic mass is 16.2. The number of benzene rings is 1. The Hall–Kier alpha value is -1.51. The highest BCUT2D eigenvalue weighted by Crippen LogP contribution is 2.35. The first-order valence-electron chi connectivity index (χ1n) is 6.37. The summed E-state index contributed by atoms with van der Waals surface area (Å²) in [6.07, 6.45) is 2.15. The maximum absolute atomic E-state index is 12.0. The molecular weight excluding hydrogens is 212 g/mol. The monoisotopic (exact) mass is 232 g/mol. The van der Waals surface area contributed by atoms with Crippen LogP contribution in [-0.4, -0.2) is 18.5 Å². The van der Waals surface area contributed by atoms with Crippen LogP contribution in [0.25, 0.3) is 0 Å². The van der Waals surface area contributed by atoms with E-state index >= 15 is 0 Å². The summed E-state index contributed by atoms with van der Waals surface area (Å²) in [4.78, 5) is 12.0. The number of carbonyl (C=O) groups is 1. The quantitative estimate of drug-likeness (QED) is 0.783. The second kappa shape index (κ2) is 5.21. The van der Waals surface area contributed by atoms with Gasteiger partial charge in [0.05, 0.1) is 0 Å². The van der Waals surface area contributed by atoms with Crippen molar-refractivity contribution in [1.29, 1.82) is 0 Å². The molecule has 0 aliphatic carbocycles. The second-order valence-corrected chi connectivity index (χ2v) is 4.64. The third kappa shape index (κ3) is 2.43. The van der Waals surface area contributed by atoms with Crippen LogP contribution >= 0.6 is 0 Å². The molecule has 0 unspecified atom stereocenters. The number of amides is 1. The van der Waals surface area contributed by atoms with Gasteiger partial charge in [0.2, 0.25) is 5.91 Å². The molecule has 1 aromatic carbocycles. The summed E-state index contributed by atoms with van der Waals surface area (Å²) in [7, 11) is 0. The number of hydrogen-bond donors (Lipinski definition) is 2. The largest absolute Gasteiger partial charge is 0.373 e. The predicted octanol–water partition coefficient (Wildman–Crippen LogP) is 2.50. The van der Waals surface area contributed by atoms with Gasteiger partial charge < -0.3 is 10.6 Å². The number of unbranched alkanes of at least 4 members (excludes halogenated alkanes) is 1. The summed E-state index contributed by atoms with van der Waals surface area (Å²) in [6, 6.07) is 8.02. The third-order valence-electron chi connectivity index (χ3n) is 3.37. The number of fused-ring (bicyclic) bond motifs is 1. The van der Waals surface area contributed by atoms with Crippen molar-refractivity contribution in [3.05, 3.63) is 29.8 Å². The van der Waals surface area contributed by atoms with Gasteiger partial charge in [0.25, 0.3) is 0 Å². The lowest BCUT2D eigenvalue weighted by molar-refractivity contribution is -0.122. The smallest absolute Gasteiger partial charge is 0.243 e. The van der Waals surface area contributed by atoms with Crippen LogP contribution in [0.5, 0.6) is 0 Å². The summed E-state index contributed by atoms with van der Waals surface area (Å²) >= 11 is 0. The van der Waals surface area contributed by atoms with Crippen LogP contribution in [-0.2, 0) is 4.79 Å². The van der Waals surface area contributed by atoms with Crippen LogP contribution < -0.4 is 10.6 Å². The van der Waals surface area contributed by atoms with Crippen molar-refractivity contribution in [2.75, 3.05) is 11.9 Å². The van der Waals surface area contributed by atoms with Gasteiger partial charge in [-0.15, -0.1) is 0 Å².